The van der Waals surface area contributed by atoms with Crippen molar-refractivity contribution in [1.29, 1.82) is 0 Å². The number of para-hydroxylation sites is 2. The summed E-state index contributed by atoms with van der Waals surface area (Å²) in [5, 5.41) is 9.09. The van der Waals surface area contributed by atoms with Crippen LogP contribution in [0.5, 0.6) is 0 Å². The highest BCUT2D eigenvalue weighted by Gasteiger charge is 2.26. The maximum atomic E-state index is 7.14. The van der Waals surface area contributed by atoms with Gasteiger partial charge in [-0.05, 0) is 109 Å². The molecule has 0 saturated carbocycles. The van der Waals surface area contributed by atoms with Crippen molar-refractivity contribution in [3.8, 4) is 44.5 Å². The molecule has 13 rings (SSSR count). The smallest absolute Gasteiger partial charge is 0.160 e. The summed E-state index contributed by atoms with van der Waals surface area (Å²) in [6.07, 6.45) is 0. The number of hydrogen-bond donors (Lipinski definition) is 0. The van der Waals surface area contributed by atoms with Gasteiger partial charge in [-0.3, -0.25) is 0 Å². The second-order valence-electron chi connectivity index (χ2n) is 16.8. The zero-order chi connectivity index (χ0) is 42.8. The summed E-state index contributed by atoms with van der Waals surface area (Å²) < 4.78 is 13.9. The summed E-state index contributed by atoms with van der Waals surface area (Å²) in [4.78, 5) is 2.39. The van der Waals surface area contributed by atoms with Crippen LogP contribution in [0.15, 0.2) is 245 Å². The molecule has 2 heterocycles. The molecule has 0 aliphatic heterocycles. The lowest BCUT2D eigenvalue weighted by molar-refractivity contribution is 0.669. The first-order chi connectivity index (χ1) is 32.2. The van der Waals surface area contributed by atoms with Crippen LogP contribution in [0.1, 0.15) is 0 Å². The minimum absolute atomic E-state index is 0.809. The van der Waals surface area contributed by atoms with Gasteiger partial charge in [0.05, 0.1) is 5.69 Å². The molecule has 65 heavy (non-hydrogen) atoms. The Bertz CT molecular complexity index is 3940. The number of fused-ring (bicyclic) bond motifs is 9. The summed E-state index contributed by atoms with van der Waals surface area (Å²) in [5.74, 6) is 0. The van der Waals surface area contributed by atoms with Gasteiger partial charge in [-0.2, -0.15) is 0 Å². The largest absolute Gasteiger partial charge is 0.455 e. The fourth-order valence-corrected chi connectivity index (χ4v) is 10.1. The minimum Gasteiger partial charge on any atom is -0.455 e. The molecule has 0 aliphatic rings. The van der Waals surface area contributed by atoms with E-state index in [1.54, 1.807) is 0 Å². The lowest BCUT2D eigenvalue weighted by Crippen LogP contribution is -2.11. The van der Waals surface area contributed by atoms with Gasteiger partial charge in [0.15, 0.2) is 5.58 Å². The molecule has 0 aliphatic carbocycles. The second-order valence-corrected chi connectivity index (χ2v) is 16.8. The molecular formula is C62H39NO2. The standard InChI is InChI=1S/C62H39NO2/c1-4-16-40(17-5-1)48-33-32-46(39-54(48)42-20-8-3-9-21-42)63(45-31-30-44-29-28-43-22-10-11-23-47(43)55(44)38-45)56-37-36-51(60-53-25-13-15-27-58(53)65-62(56)60)50-35-34-49(41-18-6-2-7-19-41)61-59(50)52-24-12-14-26-57(52)64-61/h1-39H. The van der Waals surface area contributed by atoms with Crippen LogP contribution >= 0.6 is 0 Å². The zero-order valence-corrected chi connectivity index (χ0v) is 35.3. The zero-order valence-electron chi connectivity index (χ0n) is 35.3. The topological polar surface area (TPSA) is 29.5 Å². The van der Waals surface area contributed by atoms with E-state index in [1.165, 1.54) is 32.7 Å². The van der Waals surface area contributed by atoms with E-state index in [1.807, 2.05) is 6.07 Å². The van der Waals surface area contributed by atoms with Crippen LogP contribution in [0.4, 0.5) is 17.1 Å². The molecule has 0 unspecified atom stereocenters. The molecule has 0 atom stereocenters. The number of nitrogens with zero attached hydrogens (tertiary/aromatic N) is 1. The quantitative estimate of drug-likeness (QED) is 0.150. The molecule has 3 heteroatoms. The molecule has 2 aromatic heterocycles. The molecule has 0 amide bonds. The Morgan fingerprint density at radius 2 is 0.723 bits per heavy atom. The molecule has 304 valence electrons. The van der Waals surface area contributed by atoms with Gasteiger partial charge in [0.2, 0.25) is 0 Å². The Kier molecular flexibility index (Phi) is 8.53. The van der Waals surface area contributed by atoms with Gasteiger partial charge in [-0.1, -0.05) is 188 Å². The van der Waals surface area contributed by atoms with Crippen molar-refractivity contribution in [3.63, 3.8) is 0 Å². The third-order valence-electron chi connectivity index (χ3n) is 13.1. The van der Waals surface area contributed by atoms with Crippen molar-refractivity contribution in [2.24, 2.45) is 0 Å². The molecule has 0 fully saturated rings. The fraction of sp³-hybridized carbons (Fsp3) is 0. The molecule has 3 nitrogen and oxygen atoms in total. The Morgan fingerprint density at radius 1 is 0.277 bits per heavy atom. The van der Waals surface area contributed by atoms with Crippen LogP contribution in [-0.4, -0.2) is 0 Å². The minimum atomic E-state index is 0.809. The van der Waals surface area contributed by atoms with Gasteiger partial charge in [0.1, 0.15) is 16.7 Å². The van der Waals surface area contributed by atoms with E-state index in [0.717, 1.165) is 94.3 Å². The van der Waals surface area contributed by atoms with Crippen molar-refractivity contribution in [3.05, 3.63) is 237 Å². The van der Waals surface area contributed by atoms with Crippen molar-refractivity contribution in [2.45, 2.75) is 0 Å². The van der Waals surface area contributed by atoms with Crippen LogP contribution < -0.4 is 4.90 Å². The van der Waals surface area contributed by atoms with Crippen LogP contribution in [-0.2, 0) is 0 Å². The lowest BCUT2D eigenvalue weighted by atomic mass is 9.91. The number of rotatable bonds is 7. The molecule has 0 radical (unpaired) electrons. The van der Waals surface area contributed by atoms with Crippen LogP contribution in [0, 0.1) is 0 Å². The predicted octanol–water partition coefficient (Wildman–Crippen LogP) is 17.9. The van der Waals surface area contributed by atoms with E-state index in [-0.39, 0.29) is 0 Å². The van der Waals surface area contributed by atoms with Crippen LogP contribution in [0.3, 0.4) is 0 Å². The molecular weight excluding hydrogens is 791 g/mol. The average Bonchev–Trinajstić information content (AvgIpc) is 3.97. The predicted molar refractivity (Wildman–Crippen MR) is 272 cm³/mol. The maximum absolute atomic E-state index is 7.14. The first-order valence-corrected chi connectivity index (χ1v) is 22.2. The number of hydrogen-bond acceptors (Lipinski definition) is 3. The Labute approximate surface area is 375 Å². The normalized spacial score (nSPS) is 11.7. The number of anilines is 3. The van der Waals surface area contributed by atoms with Gasteiger partial charge in [0, 0.05) is 38.5 Å². The highest BCUT2D eigenvalue weighted by Crippen LogP contribution is 2.50. The molecule has 13 aromatic rings. The Balaban J connectivity index is 1.11. The number of furan rings is 2. The third kappa shape index (κ3) is 6.05. The van der Waals surface area contributed by atoms with Gasteiger partial charge < -0.3 is 13.7 Å². The lowest BCUT2D eigenvalue weighted by Gasteiger charge is -2.28. The molecule has 0 bridgehead atoms. The summed E-state index contributed by atoms with van der Waals surface area (Å²) >= 11 is 0. The van der Waals surface area contributed by atoms with E-state index >= 15 is 0 Å². The average molecular weight is 830 g/mol. The summed E-state index contributed by atoms with van der Waals surface area (Å²) in [5.41, 5.74) is 15.4. The highest BCUT2D eigenvalue weighted by molar-refractivity contribution is 6.23. The summed E-state index contributed by atoms with van der Waals surface area (Å²) in [7, 11) is 0. The van der Waals surface area contributed by atoms with E-state index in [4.69, 9.17) is 8.83 Å². The molecule has 0 N–H and O–H groups in total. The SMILES string of the molecule is c1ccc(-c2ccc(N(c3ccc4ccc5ccccc5c4c3)c3ccc(-c4ccc(-c5ccccc5)c5oc6ccccc6c45)c4c3oc3ccccc34)cc2-c2ccccc2)cc1. The van der Waals surface area contributed by atoms with Crippen molar-refractivity contribution < 1.29 is 8.83 Å². The van der Waals surface area contributed by atoms with Crippen molar-refractivity contribution in [1.82, 2.24) is 0 Å². The Morgan fingerprint density at radius 3 is 1.40 bits per heavy atom. The highest BCUT2D eigenvalue weighted by atomic mass is 16.3. The summed E-state index contributed by atoms with van der Waals surface area (Å²) in [6.45, 7) is 0. The van der Waals surface area contributed by atoms with Gasteiger partial charge >= 0.3 is 0 Å². The molecule has 0 saturated heterocycles. The van der Waals surface area contributed by atoms with Gasteiger partial charge in [-0.15, -0.1) is 0 Å². The first-order valence-electron chi connectivity index (χ1n) is 22.2. The number of benzene rings is 11. The summed E-state index contributed by atoms with van der Waals surface area (Å²) in [6, 6.07) is 84.6. The van der Waals surface area contributed by atoms with Crippen molar-refractivity contribution >= 4 is 82.5 Å². The van der Waals surface area contributed by atoms with E-state index in [2.05, 4.69) is 235 Å². The maximum Gasteiger partial charge on any atom is 0.160 e. The van der Waals surface area contributed by atoms with Crippen LogP contribution in [0.25, 0.3) is 110 Å². The van der Waals surface area contributed by atoms with Crippen LogP contribution in [0.2, 0.25) is 0 Å². The van der Waals surface area contributed by atoms with E-state index in [0.29, 0.717) is 0 Å². The van der Waals surface area contributed by atoms with Gasteiger partial charge in [-0.25, -0.2) is 0 Å². The Hall–Kier alpha value is -8.66. The molecule has 0 spiro atoms. The van der Waals surface area contributed by atoms with E-state index < -0.39 is 0 Å². The fourth-order valence-electron chi connectivity index (χ4n) is 10.1. The third-order valence-corrected chi connectivity index (χ3v) is 13.1. The molecule has 11 aromatic carbocycles. The second kappa shape index (κ2) is 15.0. The van der Waals surface area contributed by atoms with E-state index in [9.17, 15) is 0 Å². The first kappa shape index (κ1) is 36.9. The van der Waals surface area contributed by atoms with Gasteiger partial charge in [0.25, 0.3) is 0 Å². The van der Waals surface area contributed by atoms with Crippen molar-refractivity contribution in [2.75, 3.05) is 4.90 Å². The monoisotopic (exact) mass is 829 g/mol.